The maximum Gasteiger partial charge on any atom is 0.271 e. The highest BCUT2D eigenvalue weighted by atomic mass is 35.5. The van der Waals surface area contributed by atoms with Crippen molar-refractivity contribution in [2.75, 3.05) is 0 Å². The van der Waals surface area contributed by atoms with E-state index in [1.807, 2.05) is 20.8 Å². The van der Waals surface area contributed by atoms with Gasteiger partial charge in [0.15, 0.2) is 0 Å². The number of hydrogen-bond acceptors (Lipinski definition) is 0. The number of benzene rings is 1. The molecule has 15 heavy (non-hydrogen) atoms. The van der Waals surface area contributed by atoms with Crippen molar-refractivity contribution in [2.24, 2.45) is 0 Å². The van der Waals surface area contributed by atoms with Crippen molar-refractivity contribution in [3.63, 3.8) is 0 Å². The van der Waals surface area contributed by atoms with Gasteiger partial charge in [0.1, 0.15) is 0 Å². The molecule has 1 aromatic carbocycles. The van der Waals surface area contributed by atoms with Crippen molar-refractivity contribution in [3.8, 4) is 0 Å². The first-order valence-electron chi connectivity index (χ1n) is 4.81. The van der Waals surface area contributed by atoms with Crippen LogP contribution in [0.25, 0.3) is 0 Å². The van der Waals surface area contributed by atoms with E-state index in [0.29, 0.717) is 0 Å². The van der Waals surface area contributed by atoms with E-state index in [1.165, 1.54) is 6.07 Å². The molecule has 0 atom stereocenters. The summed E-state index contributed by atoms with van der Waals surface area (Å²) in [5.74, 6) is -2.89. The molecule has 0 unspecified atom stereocenters. The maximum absolute atomic E-state index is 13.2. The van der Waals surface area contributed by atoms with Crippen molar-refractivity contribution >= 4 is 11.6 Å². The molecular formula is C12H15ClF2. The molecule has 0 N–H and O–H groups in total. The highest BCUT2D eigenvalue weighted by Crippen LogP contribution is 2.38. The molecule has 0 aliphatic heterocycles. The van der Waals surface area contributed by atoms with E-state index in [1.54, 1.807) is 12.1 Å². The second kappa shape index (κ2) is 3.75. The van der Waals surface area contributed by atoms with Crippen LogP contribution in [0, 0.1) is 0 Å². The van der Waals surface area contributed by atoms with Crippen molar-refractivity contribution in [3.05, 3.63) is 34.3 Å². The van der Waals surface area contributed by atoms with E-state index in [4.69, 9.17) is 11.6 Å². The van der Waals surface area contributed by atoms with E-state index in [9.17, 15) is 8.78 Å². The van der Waals surface area contributed by atoms with Crippen LogP contribution in [0.2, 0.25) is 5.02 Å². The zero-order valence-corrected chi connectivity index (χ0v) is 10.1. The summed E-state index contributed by atoms with van der Waals surface area (Å²) in [7, 11) is 0. The second-order valence-electron chi connectivity index (χ2n) is 4.81. The Hall–Kier alpha value is -0.630. The van der Waals surface area contributed by atoms with Crippen molar-refractivity contribution in [1.29, 1.82) is 0 Å². The molecule has 0 fully saturated rings. The van der Waals surface area contributed by atoms with Gasteiger partial charge in [-0.3, -0.25) is 0 Å². The molecule has 0 aromatic heterocycles. The standard InChI is InChI=1S/C12H15ClF2/c1-11(2,3)8-6-5-7-9(10(8)13)12(4,14)15/h5-7H,1-4H3. The highest BCUT2D eigenvalue weighted by molar-refractivity contribution is 6.32. The Balaban J connectivity index is 3.37. The topological polar surface area (TPSA) is 0 Å². The summed E-state index contributed by atoms with van der Waals surface area (Å²) in [4.78, 5) is 0. The van der Waals surface area contributed by atoms with Crippen LogP contribution < -0.4 is 0 Å². The minimum absolute atomic E-state index is 0.100. The summed E-state index contributed by atoms with van der Waals surface area (Å²) in [6, 6.07) is 4.79. The fraction of sp³-hybridized carbons (Fsp3) is 0.500. The minimum atomic E-state index is -2.89. The summed E-state index contributed by atoms with van der Waals surface area (Å²) in [6.07, 6.45) is 0. The van der Waals surface area contributed by atoms with Crippen molar-refractivity contribution in [1.82, 2.24) is 0 Å². The third-order valence-electron chi connectivity index (χ3n) is 2.28. The molecule has 84 valence electrons. The Kier molecular flexibility index (Phi) is 3.11. The van der Waals surface area contributed by atoms with Crippen LogP contribution in [0.5, 0.6) is 0 Å². The summed E-state index contributed by atoms with van der Waals surface area (Å²) >= 11 is 6.00. The summed E-state index contributed by atoms with van der Waals surface area (Å²) in [6.45, 7) is 6.71. The first-order chi connectivity index (χ1) is 6.64. The first kappa shape index (κ1) is 12.4. The van der Waals surface area contributed by atoms with Crippen LogP contribution in [0.15, 0.2) is 18.2 Å². The molecular weight excluding hydrogens is 218 g/mol. The predicted octanol–water partition coefficient (Wildman–Crippen LogP) is 4.75. The van der Waals surface area contributed by atoms with E-state index < -0.39 is 5.92 Å². The number of alkyl halides is 2. The first-order valence-corrected chi connectivity index (χ1v) is 5.19. The lowest BCUT2D eigenvalue weighted by molar-refractivity contribution is 0.0175. The van der Waals surface area contributed by atoms with Gasteiger partial charge >= 0.3 is 0 Å². The second-order valence-corrected chi connectivity index (χ2v) is 5.18. The van der Waals surface area contributed by atoms with E-state index in [0.717, 1.165) is 12.5 Å². The summed E-state index contributed by atoms with van der Waals surface area (Å²) in [5.41, 5.74) is 0.429. The monoisotopic (exact) mass is 232 g/mol. The third kappa shape index (κ3) is 2.69. The van der Waals surface area contributed by atoms with Gasteiger partial charge in [0.2, 0.25) is 0 Å². The normalized spacial score (nSPS) is 13.0. The fourth-order valence-electron chi connectivity index (χ4n) is 1.45. The van der Waals surface area contributed by atoms with E-state index >= 15 is 0 Å². The average molecular weight is 233 g/mol. The average Bonchev–Trinajstić information content (AvgIpc) is 1.99. The van der Waals surface area contributed by atoms with Gasteiger partial charge in [0, 0.05) is 12.5 Å². The van der Waals surface area contributed by atoms with Gasteiger partial charge in [-0.05, 0) is 11.0 Å². The quantitative estimate of drug-likeness (QED) is 0.656. The van der Waals surface area contributed by atoms with Gasteiger partial charge < -0.3 is 0 Å². The predicted molar refractivity (Wildman–Crippen MR) is 59.7 cm³/mol. The Morgan fingerprint density at radius 2 is 1.47 bits per heavy atom. The number of hydrogen-bond donors (Lipinski definition) is 0. The fourth-order valence-corrected chi connectivity index (χ4v) is 2.03. The molecule has 0 amide bonds. The molecule has 0 radical (unpaired) electrons. The SMILES string of the molecule is CC(C)(C)c1cccc(C(C)(F)F)c1Cl. The lowest BCUT2D eigenvalue weighted by Crippen LogP contribution is -2.15. The molecule has 0 spiro atoms. The molecule has 1 aromatic rings. The highest BCUT2D eigenvalue weighted by Gasteiger charge is 2.30. The molecule has 0 aliphatic rings. The van der Waals surface area contributed by atoms with Crippen LogP contribution in [-0.4, -0.2) is 0 Å². The van der Waals surface area contributed by atoms with Gasteiger partial charge in [0.05, 0.1) is 5.02 Å². The number of halogens is 3. The van der Waals surface area contributed by atoms with Crippen LogP contribution in [0.1, 0.15) is 38.8 Å². The van der Waals surface area contributed by atoms with E-state index in [-0.39, 0.29) is 16.0 Å². The Morgan fingerprint density at radius 3 is 1.87 bits per heavy atom. The van der Waals surface area contributed by atoms with Gasteiger partial charge in [-0.2, -0.15) is 0 Å². The molecule has 3 heteroatoms. The summed E-state index contributed by atoms with van der Waals surface area (Å²) in [5, 5.41) is 0.178. The Labute approximate surface area is 94.3 Å². The van der Waals surface area contributed by atoms with Crippen LogP contribution in [0.4, 0.5) is 8.78 Å². The zero-order chi connectivity index (χ0) is 11.9. The van der Waals surface area contributed by atoms with Gasteiger partial charge in [0.25, 0.3) is 5.92 Å². The van der Waals surface area contributed by atoms with Crippen molar-refractivity contribution in [2.45, 2.75) is 39.0 Å². The minimum Gasteiger partial charge on any atom is -0.202 e. The number of rotatable bonds is 1. The molecule has 0 nitrogen and oxygen atoms in total. The lowest BCUT2D eigenvalue weighted by atomic mass is 9.85. The Morgan fingerprint density at radius 1 is 1.00 bits per heavy atom. The maximum atomic E-state index is 13.2. The van der Waals surface area contributed by atoms with Crippen molar-refractivity contribution < 1.29 is 8.78 Å². The van der Waals surface area contributed by atoms with Gasteiger partial charge in [-0.25, -0.2) is 8.78 Å². The van der Waals surface area contributed by atoms with Gasteiger partial charge in [-0.1, -0.05) is 50.6 Å². The largest absolute Gasteiger partial charge is 0.271 e. The molecule has 0 aliphatic carbocycles. The van der Waals surface area contributed by atoms with Crippen LogP contribution in [0.3, 0.4) is 0 Å². The van der Waals surface area contributed by atoms with Crippen LogP contribution in [-0.2, 0) is 11.3 Å². The molecule has 0 heterocycles. The van der Waals surface area contributed by atoms with Gasteiger partial charge in [-0.15, -0.1) is 0 Å². The summed E-state index contributed by atoms with van der Waals surface area (Å²) < 4.78 is 26.4. The molecule has 0 saturated carbocycles. The van der Waals surface area contributed by atoms with Crippen LogP contribution >= 0.6 is 11.6 Å². The zero-order valence-electron chi connectivity index (χ0n) is 9.37. The van der Waals surface area contributed by atoms with E-state index in [2.05, 4.69) is 0 Å². The smallest absolute Gasteiger partial charge is 0.202 e. The Bertz CT molecular complexity index is 327. The lowest BCUT2D eigenvalue weighted by Gasteiger charge is -2.23. The molecule has 1 rings (SSSR count). The molecule has 0 bridgehead atoms. The third-order valence-corrected chi connectivity index (χ3v) is 2.69. The molecule has 0 saturated heterocycles.